The Balaban J connectivity index is 1.96. The first-order chi connectivity index (χ1) is 10.5. The van der Waals surface area contributed by atoms with E-state index in [1.54, 1.807) is 30.1 Å². The molecule has 3 nitrogen and oxygen atoms in total. The molecule has 0 N–H and O–H groups in total. The SMILES string of the molecule is Cc1ccccc1CN(C)C(=O)COc1c(Cl)cccc1Cl. The first kappa shape index (κ1) is 16.7. The molecule has 0 aliphatic rings. The van der Waals surface area contributed by atoms with Gasteiger partial charge in [0.15, 0.2) is 12.4 Å². The summed E-state index contributed by atoms with van der Waals surface area (Å²) in [7, 11) is 1.74. The van der Waals surface area contributed by atoms with Gasteiger partial charge in [-0.05, 0) is 30.2 Å². The third-order valence-electron chi connectivity index (χ3n) is 3.35. The quantitative estimate of drug-likeness (QED) is 0.812. The molecule has 1 amide bonds. The second-order valence-electron chi connectivity index (χ2n) is 5.02. The molecule has 0 aliphatic heterocycles. The van der Waals surface area contributed by atoms with Crippen molar-refractivity contribution in [1.29, 1.82) is 0 Å². The van der Waals surface area contributed by atoms with Gasteiger partial charge in [0.2, 0.25) is 0 Å². The minimum Gasteiger partial charge on any atom is -0.481 e. The summed E-state index contributed by atoms with van der Waals surface area (Å²) < 4.78 is 5.46. The predicted molar refractivity (Wildman–Crippen MR) is 89.6 cm³/mol. The maximum absolute atomic E-state index is 12.2. The lowest BCUT2D eigenvalue weighted by atomic mass is 10.1. The van der Waals surface area contributed by atoms with Crippen LogP contribution in [0.5, 0.6) is 5.75 Å². The average Bonchev–Trinajstić information content (AvgIpc) is 2.48. The molecule has 0 bridgehead atoms. The van der Waals surface area contributed by atoms with Gasteiger partial charge in [0, 0.05) is 13.6 Å². The van der Waals surface area contributed by atoms with Gasteiger partial charge in [-0.15, -0.1) is 0 Å². The summed E-state index contributed by atoms with van der Waals surface area (Å²) in [4.78, 5) is 13.8. The molecule has 0 spiro atoms. The topological polar surface area (TPSA) is 29.5 Å². The van der Waals surface area contributed by atoms with E-state index in [1.165, 1.54) is 0 Å². The molecule has 0 heterocycles. The average molecular weight is 338 g/mol. The fourth-order valence-electron chi connectivity index (χ4n) is 2.00. The second-order valence-corrected chi connectivity index (χ2v) is 5.83. The number of carbonyl (C=O) groups is 1. The number of rotatable bonds is 5. The zero-order valence-electron chi connectivity index (χ0n) is 12.5. The van der Waals surface area contributed by atoms with E-state index in [2.05, 4.69) is 0 Å². The molecule has 0 aliphatic carbocycles. The van der Waals surface area contributed by atoms with Gasteiger partial charge in [-0.3, -0.25) is 4.79 Å². The minimum absolute atomic E-state index is 0.105. The minimum atomic E-state index is -0.140. The van der Waals surface area contributed by atoms with Crippen molar-refractivity contribution in [3.8, 4) is 5.75 Å². The predicted octanol–water partition coefficient (Wildman–Crippen LogP) is 4.34. The maximum Gasteiger partial charge on any atom is 0.260 e. The van der Waals surface area contributed by atoms with Crippen molar-refractivity contribution >= 4 is 29.1 Å². The van der Waals surface area contributed by atoms with Crippen LogP contribution >= 0.6 is 23.2 Å². The molecule has 0 saturated heterocycles. The number of ether oxygens (including phenoxy) is 1. The van der Waals surface area contributed by atoms with Crippen LogP contribution < -0.4 is 4.74 Å². The number of carbonyl (C=O) groups excluding carboxylic acids is 1. The van der Waals surface area contributed by atoms with Crippen LogP contribution in [0.25, 0.3) is 0 Å². The van der Waals surface area contributed by atoms with E-state index in [-0.39, 0.29) is 12.5 Å². The van der Waals surface area contributed by atoms with Gasteiger partial charge in [0.05, 0.1) is 10.0 Å². The number of hydrogen-bond donors (Lipinski definition) is 0. The van der Waals surface area contributed by atoms with Crippen LogP contribution in [0.1, 0.15) is 11.1 Å². The molecule has 0 atom stereocenters. The number of para-hydroxylation sites is 1. The summed E-state index contributed by atoms with van der Waals surface area (Å²) in [5.74, 6) is 0.197. The van der Waals surface area contributed by atoms with Crippen LogP contribution in [0.3, 0.4) is 0 Å². The summed E-state index contributed by atoms with van der Waals surface area (Å²) in [6.07, 6.45) is 0. The molecule has 0 radical (unpaired) electrons. The Kier molecular flexibility index (Phi) is 5.69. The summed E-state index contributed by atoms with van der Waals surface area (Å²) in [5, 5.41) is 0.781. The summed E-state index contributed by atoms with van der Waals surface area (Å²) in [5.41, 5.74) is 2.26. The highest BCUT2D eigenvalue weighted by molar-refractivity contribution is 6.37. The zero-order valence-corrected chi connectivity index (χ0v) is 14.0. The molecule has 0 fully saturated rings. The van der Waals surface area contributed by atoms with E-state index in [4.69, 9.17) is 27.9 Å². The van der Waals surface area contributed by atoms with Crippen molar-refractivity contribution in [3.05, 3.63) is 63.6 Å². The monoisotopic (exact) mass is 337 g/mol. The van der Waals surface area contributed by atoms with Gasteiger partial charge in [-0.25, -0.2) is 0 Å². The van der Waals surface area contributed by atoms with Crippen LogP contribution in [-0.4, -0.2) is 24.5 Å². The first-order valence-electron chi connectivity index (χ1n) is 6.84. The fourth-order valence-corrected chi connectivity index (χ4v) is 2.50. The molecule has 2 aromatic rings. The van der Waals surface area contributed by atoms with Crippen molar-refractivity contribution in [2.75, 3.05) is 13.7 Å². The lowest BCUT2D eigenvalue weighted by Crippen LogP contribution is -2.31. The van der Waals surface area contributed by atoms with E-state index in [0.717, 1.165) is 11.1 Å². The smallest absolute Gasteiger partial charge is 0.260 e. The van der Waals surface area contributed by atoms with Gasteiger partial charge in [-0.2, -0.15) is 0 Å². The number of hydrogen-bond acceptors (Lipinski definition) is 2. The molecule has 116 valence electrons. The molecule has 2 aromatic carbocycles. The number of amides is 1. The lowest BCUT2D eigenvalue weighted by Gasteiger charge is -2.19. The highest BCUT2D eigenvalue weighted by atomic mass is 35.5. The maximum atomic E-state index is 12.2. The third kappa shape index (κ3) is 4.15. The largest absolute Gasteiger partial charge is 0.481 e. The Bertz CT molecular complexity index is 653. The number of benzene rings is 2. The van der Waals surface area contributed by atoms with Gasteiger partial charge < -0.3 is 9.64 Å². The van der Waals surface area contributed by atoms with Crippen molar-refractivity contribution in [3.63, 3.8) is 0 Å². The Morgan fingerprint density at radius 1 is 1.09 bits per heavy atom. The Hall–Kier alpha value is -1.71. The third-order valence-corrected chi connectivity index (χ3v) is 3.95. The zero-order chi connectivity index (χ0) is 16.1. The van der Waals surface area contributed by atoms with E-state index in [1.807, 2.05) is 31.2 Å². The van der Waals surface area contributed by atoms with Crippen molar-refractivity contribution in [2.24, 2.45) is 0 Å². The van der Waals surface area contributed by atoms with Crippen molar-refractivity contribution in [2.45, 2.75) is 13.5 Å². The van der Waals surface area contributed by atoms with Gasteiger partial charge in [-0.1, -0.05) is 53.5 Å². The molecule has 0 unspecified atom stereocenters. The Morgan fingerprint density at radius 3 is 2.36 bits per heavy atom. The second kappa shape index (κ2) is 7.52. The normalized spacial score (nSPS) is 10.4. The number of nitrogens with zero attached hydrogens (tertiary/aromatic N) is 1. The van der Waals surface area contributed by atoms with Crippen molar-refractivity contribution in [1.82, 2.24) is 4.90 Å². The van der Waals surface area contributed by atoms with Crippen LogP contribution in [0, 0.1) is 6.92 Å². The fraction of sp³-hybridized carbons (Fsp3) is 0.235. The van der Waals surface area contributed by atoms with E-state index < -0.39 is 0 Å². The Morgan fingerprint density at radius 2 is 1.73 bits per heavy atom. The lowest BCUT2D eigenvalue weighted by molar-refractivity contribution is -0.132. The highest BCUT2D eigenvalue weighted by Gasteiger charge is 2.13. The molecule has 5 heteroatoms. The van der Waals surface area contributed by atoms with E-state index in [9.17, 15) is 4.79 Å². The summed E-state index contributed by atoms with van der Waals surface area (Å²) in [6, 6.07) is 13.0. The number of likely N-dealkylation sites (N-methyl/N-ethyl adjacent to an activating group) is 1. The van der Waals surface area contributed by atoms with Gasteiger partial charge in [0.25, 0.3) is 5.91 Å². The molecule has 0 saturated carbocycles. The van der Waals surface area contributed by atoms with Crippen LogP contribution in [0.4, 0.5) is 0 Å². The molecular weight excluding hydrogens is 321 g/mol. The summed E-state index contributed by atoms with van der Waals surface area (Å²) >= 11 is 12.0. The first-order valence-corrected chi connectivity index (χ1v) is 7.60. The summed E-state index contributed by atoms with van der Waals surface area (Å²) in [6.45, 7) is 2.45. The molecular formula is C17H17Cl2NO2. The van der Waals surface area contributed by atoms with E-state index in [0.29, 0.717) is 22.3 Å². The van der Waals surface area contributed by atoms with Crippen LogP contribution in [-0.2, 0) is 11.3 Å². The highest BCUT2D eigenvalue weighted by Crippen LogP contribution is 2.32. The standard InChI is InChI=1S/C17H17Cl2NO2/c1-12-6-3-4-7-13(12)10-20(2)16(21)11-22-17-14(18)8-5-9-15(17)19/h3-9H,10-11H2,1-2H3. The number of halogens is 2. The molecule has 2 rings (SSSR count). The number of aryl methyl sites for hydroxylation is 1. The van der Waals surface area contributed by atoms with Gasteiger partial charge >= 0.3 is 0 Å². The molecule has 0 aromatic heterocycles. The van der Waals surface area contributed by atoms with E-state index >= 15 is 0 Å². The van der Waals surface area contributed by atoms with Gasteiger partial charge in [0.1, 0.15) is 0 Å². The van der Waals surface area contributed by atoms with Crippen molar-refractivity contribution < 1.29 is 9.53 Å². The van der Waals surface area contributed by atoms with Crippen LogP contribution in [0.15, 0.2) is 42.5 Å². The molecule has 22 heavy (non-hydrogen) atoms. The Labute approximate surface area is 140 Å². The van der Waals surface area contributed by atoms with Crippen LogP contribution in [0.2, 0.25) is 10.0 Å².